The van der Waals surface area contributed by atoms with Gasteiger partial charge in [-0.25, -0.2) is 4.68 Å². The molecule has 3 heterocycles. The fraction of sp³-hybridized carbons (Fsp3) is 0.588. The number of aryl methyl sites for hydroxylation is 2. The Balaban J connectivity index is 1.75. The summed E-state index contributed by atoms with van der Waals surface area (Å²) in [6.45, 7) is 5.54. The summed E-state index contributed by atoms with van der Waals surface area (Å²) in [5, 5.41) is 8.23. The Morgan fingerprint density at radius 3 is 2.96 bits per heavy atom. The summed E-state index contributed by atoms with van der Waals surface area (Å²) in [7, 11) is 0. The van der Waals surface area contributed by atoms with E-state index in [1.807, 2.05) is 6.92 Å². The SMILES string of the molecule is CCCCn1nc(C(=O)N2CCCC(c3noc(C)n3)C2)ccc1=O. The summed E-state index contributed by atoms with van der Waals surface area (Å²) >= 11 is 0. The third-order valence-corrected chi connectivity index (χ3v) is 4.43. The van der Waals surface area contributed by atoms with Gasteiger partial charge in [0.25, 0.3) is 11.5 Å². The Hall–Kier alpha value is -2.51. The number of hydrogen-bond acceptors (Lipinski definition) is 6. The van der Waals surface area contributed by atoms with Crippen LogP contribution in [0.15, 0.2) is 21.5 Å². The number of unbranched alkanes of at least 4 members (excludes halogenated alkanes) is 1. The van der Waals surface area contributed by atoms with E-state index in [4.69, 9.17) is 4.52 Å². The molecule has 1 aliphatic heterocycles. The summed E-state index contributed by atoms with van der Waals surface area (Å²) in [6, 6.07) is 2.93. The van der Waals surface area contributed by atoms with Crippen LogP contribution < -0.4 is 5.56 Å². The first-order chi connectivity index (χ1) is 12.1. The molecule has 0 spiro atoms. The van der Waals surface area contributed by atoms with Crippen molar-refractivity contribution >= 4 is 5.91 Å². The van der Waals surface area contributed by atoms with Gasteiger partial charge in [0.1, 0.15) is 5.69 Å². The van der Waals surface area contributed by atoms with E-state index in [2.05, 4.69) is 15.2 Å². The molecule has 2 aromatic heterocycles. The predicted octanol–water partition coefficient (Wildman–Crippen LogP) is 1.75. The maximum absolute atomic E-state index is 12.8. The van der Waals surface area contributed by atoms with Gasteiger partial charge in [0.15, 0.2) is 5.82 Å². The molecule has 134 valence electrons. The lowest BCUT2D eigenvalue weighted by Gasteiger charge is -2.31. The van der Waals surface area contributed by atoms with E-state index in [0.29, 0.717) is 37.0 Å². The van der Waals surface area contributed by atoms with Gasteiger partial charge in [-0.2, -0.15) is 10.1 Å². The molecule has 0 radical (unpaired) electrons. The Morgan fingerprint density at radius 2 is 2.24 bits per heavy atom. The van der Waals surface area contributed by atoms with Gasteiger partial charge in [0, 0.05) is 38.5 Å². The van der Waals surface area contributed by atoms with Crippen LogP contribution in [0.3, 0.4) is 0 Å². The number of aromatic nitrogens is 4. The lowest BCUT2D eigenvalue weighted by Crippen LogP contribution is -2.40. The maximum Gasteiger partial charge on any atom is 0.274 e. The van der Waals surface area contributed by atoms with Crippen LogP contribution in [0.1, 0.15) is 60.7 Å². The van der Waals surface area contributed by atoms with Crippen LogP contribution in [0, 0.1) is 6.92 Å². The monoisotopic (exact) mass is 345 g/mol. The molecule has 8 heteroatoms. The smallest absolute Gasteiger partial charge is 0.274 e. The molecule has 2 aromatic rings. The van der Waals surface area contributed by atoms with Crippen molar-refractivity contribution in [1.82, 2.24) is 24.8 Å². The maximum atomic E-state index is 12.8. The van der Waals surface area contributed by atoms with Gasteiger partial charge < -0.3 is 9.42 Å². The second kappa shape index (κ2) is 7.58. The zero-order valence-corrected chi connectivity index (χ0v) is 14.6. The van der Waals surface area contributed by atoms with Gasteiger partial charge in [-0.1, -0.05) is 18.5 Å². The van der Waals surface area contributed by atoms with Crippen molar-refractivity contribution in [3.63, 3.8) is 0 Å². The Morgan fingerprint density at radius 1 is 1.40 bits per heavy atom. The molecule has 3 rings (SSSR count). The Kier molecular flexibility index (Phi) is 5.25. The van der Waals surface area contributed by atoms with Crippen molar-refractivity contribution in [2.45, 2.75) is 52.0 Å². The van der Waals surface area contributed by atoms with Crippen molar-refractivity contribution in [1.29, 1.82) is 0 Å². The highest BCUT2D eigenvalue weighted by molar-refractivity contribution is 5.92. The second-order valence-electron chi connectivity index (χ2n) is 6.40. The molecule has 1 aliphatic rings. The molecular formula is C17H23N5O3. The van der Waals surface area contributed by atoms with E-state index in [9.17, 15) is 9.59 Å². The predicted molar refractivity (Wildman–Crippen MR) is 90.3 cm³/mol. The van der Waals surface area contributed by atoms with E-state index in [1.165, 1.54) is 16.8 Å². The molecule has 25 heavy (non-hydrogen) atoms. The molecule has 0 bridgehead atoms. The highest BCUT2D eigenvalue weighted by atomic mass is 16.5. The molecule has 1 atom stereocenters. The fourth-order valence-electron chi connectivity index (χ4n) is 3.05. The van der Waals surface area contributed by atoms with Gasteiger partial charge in [-0.15, -0.1) is 0 Å². The normalized spacial score (nSPS) is 17.7. The average molecular weight is 345 g/mol. The summed E-state index contributed by atoms with van der Waals surface area (Å²) in [5.74, 6) is 1.09. The lowest BCUT2D eigenvalue weighted by atomic mass is 9.97. The summed E-state index contributed by atoms with van der Waals surface area (Å²) < 4.78 is 6.43. The number of piperidine rings is 1. The molecule has 1 amide bonds. The minimum absolute atomic E-state index is 0.0705. The number of nitrogens with zero attached hydrogens (tertiary/aromatic N) is 5. The van der Waals surface area contributed by atoms with Crippen LogP contribution in [0.25, 0.3) is 0 Å². The third-order valence-electron chi connectivity index (χ3n) is 4.43. The summed E-state index contributed by atoms with van der Waals surface area (Å²) in [5.41, 5.74) is 0.129. The van der Waals surface area contributed by atoms with Gasteiger partial charge >= 0.3 is 0 Å². The van der Waals surface area contributed by atoms with Crippen molar-refractivity contribution in [2.75, 3.05) is 13.1 Å². The van der Waals surface area contributed by atoms with Crippen LogP contribution in [0.5, 0.6) is 0 Å². The first kappa shape index (κ1) is 17.3. The molecule has 8 nitrogen and oxygen atoms in total. The zero-order chi connectivity index (χ0) is 17.8. The highest BCUT2D eigenvalue weighted by Gasteiger charge is 2.29. The molecule has 1 fully saturated rings. The quantitative estimate of drug-likeness (QED) is 0.819. The molecule has 0 saturated carbocycles. The Labute approximate surface area is 145 Å². The van der Waals surface area contributed by atoms with Gasteiger partial charge in [0.05, 0.1) is 0 Å². The van der Waals surface area contributed by atoms with Crippen LogP contribution in [-0.4, -0.2) is 43.8 Å². The molecule has 0 N–H and O–H groups in total. The van der Waals surface area contributed by atoms with E-state index < -0.39 is 0 Å². The van der Waals surface area contributed by atoms with Gasteiger partial charge in [0.2, 0.25) is 5.89 Å². The van der Waals surface area contributed by atoms with E-state index in [-0.39, 0.29) is 17.4 Å². The molecule has 1 saturated heterocycles. The third kappa shape index (κ3) is 3.94. The van der Waals surface area contributed by atoms with Crippen molar-refractivity contribution in [2.24, 2.45) is 0 Å². The van der Waals surface area contributed by atoms with Gasteiger partial charge in [-0.3, -0.25) is 9.59 Å². The molecule has 1 unspecified atom stereocenters. The molecule has 0 aromatic carbocycles. The van der Waals surface area contributed by atoms with Crippen molar-refractivity contribution in [3.05, 3.63) is 39.9 Å². The number of carbonyl (C=O) groups is 1. The molecular weight excluding hydrogens is 322 g/mol. The molecule has 0 aliphatic carbocycles. The van der Waals surface area contributed by atoms with Crippen LogP contribution in [0.2, 0.25) is 0 Å². The van der Waals surface area contributed by atoms with Crippen molar-refractivity contribution in [3.8, 4) is 0 Å². The average Bonchev–Trinajstić information content (AvgIpc) is 3.07. The minimum Gasteiger partial charge on any atom is -0.340 e. The largest absolute Gasteiger partial charge is 0.340 e. The van der Waals surface area contributed by atoms with E-state index in [1.54, 1.807) is 11.8 Å². The first-order valence-electron chi connectivity index (χ1n) is 8.76. The zero-order valence-electron chi connectivity index (χ0n) is 14.6. The van der Waals surface area contributed by atoms with E-state index >= 15 is 0 Å². The Bertz CT molecular complexity index is 798. The number of carbonyl (C=O) groups excluding carboxylic acids is 1. The lowest BCUT2D eigenvalue weighted by molar-refractivity contribution is 0.0694. The van der Waals surface area contributed by atoms with Crippen molar-refractivity contribution < 1.29 is 9.32 Å². The number of amides is 1. The summed E-state index contributed by atoms with van der Waals surface area (Å²) in [4.78, 5) is 30.7. The van der Waals surface area contributed by atoms with Crippen LogP contribution in [-0.2, 0) is 6.54 Å². The van der Waals surface area contributed by atoms with E-state index in [0.717, 1.165) is 25.7 Å². The second-order valence-corrected chi connectivity index (χ2v) is 6.40. The first-order valence-corrected chi connectivity index (χ1v) is 8.76. The minimum atomic E-state index is -0.177. The van der Waals surface area contributed by atoms with Gasteiger partial charge in [-0.05, 0) is 25.3 Å². The number of rotatable bonds is 5. The number of likely N-dealkylation sites (tertiary alicyclic amines) is 1. The number of hydrogen-bond donors (Lipinski definition) is 0. The van der Waals surface area contributed by atoms with Crippen LogP contribution >= 0.6 is 0 Å². The topological polar surface area (TPSA) is 94.1 Å². The summed E-state index contributed by atoms with van der Waals surface area (Å²) in [6.07, 6.45) is 3.61. The fourth-order valence-corrected chi connectivity index (χ4v) is 3.05. The van der Waals surface area contributed by atoms with Crippen LogP contribution in [0.4, 0.5) is 0 Å². The highest BCUT2D eigenvalue weighted by Crippen LogP contribution is 2.25. The standard InChI is InChI=1S/C17H23N5O3/c1-3-4-10-22-15(23)8-7-14(19-22)17(24)21-9-5-6-13(11-21)16-18-12(2)25-20-16/h7-8,13H,3-6,9-11H2,1-2H3.